The smallest absolute Gasteiger partial charge is 0.226 e. The van der Waals surface area contributed by atoms with Crippen LogP contribution in [0.25, 0.3) is 0 Å². The topological polar surface area (TPSA) is 38.4 Å². The molecule has 0 bridgehead atoms. The monoisotopic (exact) mass is 284 g/mol. The van der Waals surface area contributed by atoms with Gasteiger partial charge in [0.2, 0.25) is 5.91 Å². The Kier molecular flexibility index (Phi) is 3.09. The molecule has 1 saturated carbocycles. The van der Waals surface area contributed by atoms with E-state index in [1.165, 1.54) is 18.5 Å². The number of furan rings is 1. The summed E-state index contributed by atoms with van der Waals surface area (Å²) < 4.78 is 7.51. The van der Waals surface area contributed by atoms with Crippen LogP contribution in [0.3, 0.4) is 0 Å². The Hall–Kier alpha value is -1.97. The third-order valence-corrected chi connectivity index (χ3v) is 4.88. The molecule has 1 fully saturated rings. The van der Waals surface area contributed by atoms with E-state index < -0.39 is 0 Å². The largest absolute Gasteiger partial charge is 0.472 e. The summed E-state index contributed by atoms with van der Waals surface area (Å²) in [5.74, 6) is 0.548. The molecule has 4 nitrogen and oxygen atoms in total. The average molecular weight is 284 g/mol. The van der Waals surface area contributed by atoms with E-state index in [1.807, 2.05) is 6.07 Å². The molecule has 4 heteroatoms. The molecule has 0 aromatic carbocycles. The molecule has 1 atom stereocenters. The minimum Gasteiger partial charge on any atom is -0.472 e. The zero-order valence-corrected chi connectivity index (χ0v) is 12.1. The van der Waals surface area contributed by atoms with Gasteiger partial charge in [-0.25, -0.2) is 0 Å². The molecule has 0 spiro atoms. The molecule has 2 aromatic rings. The Morgan fingerprint density at radius 2 is 2.05 bits per heavy atom. The molecule has 0 saturated heterocycles. The number of carbonyl (C=O) groups is 1. The van der Waals surface area contributed by atoms with Gasteiger partial charge in [-0.3, -0.25) is 4.79 Å². The van der Waals surface area contributed by atoms with Crippen molar-refractivity contribution >= 4 is 5.91 Å². The highest BCUT2D eigenvalue weighted by atomic mass is 16.3. The van der Waals surface area contributed by atoms with Crippen LogP contribution in [0.2, 0.25) is 0 Å². The molecule has 1 amide bonds. The number of fused-ring (bicyclic) bond motifs is 1. The summed E-state index contributed by atoms with van der Waals surface area (Å²) in [4.78, 5) is 15.0. The Morgan fingerprint density at radius 3 is 2.81 bits per heavy atom. The van der Waals surface area contributed by atoms with Gasteiger partial charge in [0.05, 0.1) is 12.5 Å². The number of rotatable bonds is 2. The van der Waals surface area contributed by atoms with Crippen LogP contribution in [0.15, 0.2) is 41.3 Å². The van der Waals surface area contributed by atoms with E-state index in [1.54, 1.807) is 12.5 Å². The van der Waals surface area contributed by atoms with Gasteiger partial charge < -0.3 is 13.9 Å². The lowest BCUT2D eigenvalue weighted by Crippen LogP contribution is -2.44. The Labute approximate surface area is 124 Å². The van der Waals surface area contributed by atoms with Crippen LogP contribution in [0.5, 0.6) is 0 Å². The van der Waals surface area contributed by atoms with Crippen LogP contribution < -0.4 is 0 Å². The fraction of sp³-hybridized carbons (Fsp3) is 0.471. The first-order valence-electron chi connectivity index (χ1n) is 7.82. The molecular weight excluding hydrogens is 264 g/mol. The molecule has 110 valence electrons. The van der Waals surface area contributed by atoms with E-state index in [-0.39, 0.29) is 12.0 Å². The zero-order valence-electron chi connectivity index (χ0n) is 12.1. The van der Waals surface area contributed by atoms with Gasteiger partial charge in [-0.2, -0.15) is 0 Å². The minimum atomic E-state index is 0.000556. The van der Waals surface area contributed by atoms with Crippen molar-refractivity contribution in [3.05, 3.63) is 48.2 Å². The molecule has 2 aromatic heterocycles. The van der Waals surface area contributed by atoms with Crippen molar-refractivity contribution in [3.8, 4) is 0 Å². The highest BCUT2D eigenvalue weighted by molar-refractivity contribution is 5.80. The number of amides is 1. The van der Waals surface area contributed by atoms with Crippen molar-refractivity contribution in [2.24, 2.45) is 5.92 Å². The van der Waals surface area contributed by atoms with Gasteiger partial charge in [0, 0.05) is 36.5 Å². The average Bonchev–Trinajstić information content (AvgIpc) is 3.25. The molecular formula is C17H20N2O2. The van der Waals surface area contributed by atoms with Gasteiger partial charge in [0.1, 0.15) is 6.04 Å². The van der Waals surface area contributed by atoms with Crippen molar-refractivity contribution in [2.45, 2.75) is 38.3 Å². The number of nitrogens with zero attached hydrogens (tertiary/aromatic N) is 2. The summed E-state index contributed by atoms with van der Waals surface area (Å²) >= 11 is 0. The maximum atomic E-state index is 12.9. The van der Waals surface area contributed by atoms with Gasteiger partial charge in [0.15, 0.2) is 0 Å². The Bertz CT molecular complexity index is 623. The van der Waals surface area contributed by atoms with E-state index in [0.717, 1.165) is 31.5 Å². The second-order valence-corrected chi connectivity index (χ2v) is 6.10. The van der Waals surface area contributed by atoms with Crippen LogP contribution in [0.1, 0.15) is 43.0 Å². The Morgan fingerprint density at radius 1 is 1.19 bits per heavy atom. The highest BCUT2D eigenvalue weighted by Crippen LogP contribution is 2.36. The molecule has 3 heterocycles. The fourth-order valence-electron chi connectivity index (χ4n) is 3.81. The van der Waals surface area contributed by atoms with Gasteiger partial charge in [-0.1, -0.05) is 12.8 Å². The molecule has 0 N–H and O–H groups in total. The molecule has 1 aliphatic heterocycles. The lowest BCUT2D eigenvalue weighted by atomic mass is 9.99. The highest BCUT2D eigenvalue weighted by Gasteiger charge is 2.36. The predicted molar refractivity (Wildman–Crippen MR) is 78.7 cm³/mol. The molecule has 21 heavy (non-hydrogen) atoms. The first-order chi connectivity index (χ1) is 10.3. The first-order valence-corrected chi connectivity index (χ1v) is 7.82. The molecule has 0 radical (unpaired) electrons. The van der Waals surface area contributed by atoms with Crippen LogP contribution in [-0.2, 0) is 11.3 Å². The van der Waals surface area contributed by atoms with E-state index >= 15 is 0 Å². The third kappa shape index (κ3) is 2.09. The van der Waals surface area contributed by atoms with Gasteiger partial charge in [-0.15, -0.1) is 0 Å². The second kappa shape index (κ2) is 5.10. The standard InChI is InChI=1S/C17H20N2O2/c20-17(13-4-1-2-5-13)19-10-9-18-8-3-6-15(18)16(19)14-7-11-21-12-14/h3,6-8,11-13,16H,1-2,4-5,9-10H2. The summed E-state index contributed by atoms with van der Waals surface area (Å²) in [6.07, 6.45) is 10.0. The minimum absolute atomic E-state index is 0.000556. The van der Waals surface area contributed by atoms with Crippen LogP contribution in [0, 0.1) is 5.92 Å². The number of hydrogen-bond acceptors (Lipinski definition) is 2. The van der Waals surface area contributed by atoms with Crippen LogP contribution >= 0.6 is 0 Å². The molecule has 4 rings (SSSR count). The molecule has 1 aliphatic carbocycles. The first kappa shape index (κ1) is 12.7. The van der Waals surface area contributed by atoms with Crippen molar-refractivity contribution in [3.63, 3.8) is 0 Å². The van der Waals surface area contributed by atoms with Crippen molar-refractivity contribution in [1.29, 1.82) is 0 Å². The lowest BCUT2D eigenvalue weighted by Gasteiger charge is -2.38. The lowest BCUT2D eigenvalue weighted by molar-refractivity contribution is -0.138. The summed E-state index contributed by atoms with van der Waals surface area (Å²) in [6, 6.07) is 6.15. The summed E-state index contributed by atoms with van der Waals surface area (Å²) in [6.45, 7) is 1.67. The van der Waals surface area contributed by atoms with Crippen molar-refractivity contribution in [1.82, 2.24) is 9.47 Å². The summed E-state index contributed by atoms with van der Waals surface area (Å²) in [5.41, 5.74) is 2.26. The van der Waals surface area contributed by atoms with Gasteiger partial charge >= 0.3 is 0 Å². The second-order valence-electron chi connectivity index (χ2n) is 6.10. The fourth-order valence-corrected chi connectivity index (χ4v) is 3.81. The molecule has 2 aliphatic rings. The Balaban J connectivity index is 1.71. The number of hydrogen-bond donors (Lipinski definition) is 0. The number of carbonyl (C=O) groups excluding carboxylic acids is 1. The zero-order chi connectivity index (χ0) is 14.2. The van der Waals surface area contributed by atoms with Crippen molar-refractivity contribution < 1.29 is 9.21 Å². The van der Waals surface area contributed by atoms with Crippen LogP contribution in [-0.4, -0.2) is 21.9 Å². The van der Waals surface area contributed by atoms with Gasteiger partial charge in [0.25, 0.3) is 0 Å². The van der Waals surface area contributed by atoms with E-state index in [9.17, 15) is 4.79 Å². The van der Waals surface area contributed by atoms with Gasteiger partial charge in [-0.05, 0) is 31.0 Å². The normalized spacial score (nSPS) is 22.5. The maximum absolute atomic E-state index is 12.9. The predicted octanol–water partition coefficient (Wildman–Crippen LogP) is 3.20. The van der Waals surface area contributed by atoms with Crippen LogP contribution in [0.4, 0.5) is 0 Å². The number of aromatic nitrogens is 1. The van der Waals surface area contributed by atoms with E-state index in [4.69, 9.17) is 4.42 Å². The van der Waals surface area contributed by atoms with Crippen molar-refractivity contribution in [2.75, 3.05) is 6.54 Å². The quantitative estimate of drug-likeness (QED) is 0.849. The maximum Gasteiger partial charge on any atom is 0.226 e. The summed E-state index contributed by atoms with van der Waals surface area (Å²) in [7, 11) is 0. The third-order valence-electron chi connectivity index (χ3n) is 4.88. The van der Waals surface area contributed by atoms with E-state index in [0.29, 0.717) is 5.91 Å². The van der Waals surface area contributed by atoms with E-state index in [2.05, 4.69) is 27.8 Å². The molecule has 1 unspecified atom stereocenters. The summed E-state index contributed by atoms with van der Waals surface area (Å²) in [5, 5.41) is 0. The SMILES string of the molecule is O=C(C1CCCC1)N1CCn2cccc2C1c1ccoc1.